The van der Waals surface area contributed by atoms with E-state index in [1.165, 1.54) is 0 Å². The Bertz CT molecular complexity index is 254. The zero-order valence-electron chi connectivity index (χ0n) is 7.11. The van der Waals surface area contributed by atoms with E-state index in [0.29, 0.717) is 11.4 Å². The first-order valence-electron chi connectivity index (χ1n) is 3.13. The quantitative estimate of drug-likeness (QED) is 0.498. The molecule has 1 aromatic rings. The van der Waals surface area contributed by atoms with Crippen molar-refractivity contribution in [2.24, 2.45) is 0 Å². The number of anilines is 1. The molecule has 0 spiro atoms. The van der Waals surface area contributed by atoms with Crippen molar-refractivity contribution in [1.82, 2.24) is 4.98 Å². The molecule has 1 rings (SSSR count). The second-order valence-electron chi connectivity index (χ2n) is 1.89. The molecule has 0 aliphatic heterocycles. The summed E-state index contributed by atoms with van der Waals surface area (Å²) in [5.74, 6) is 0.491. The van der Waals surface area contributed by atoms with E-state index in [9.17, 15) is 4.79 Å². The molecule has 0 bridgehead atoms. The smallest absolute Gasteiger partial charge is 0.572 e. The minimum absolute atomic E-state index is 0. The fourth-order valence-electron chi connectivity index (χ4n) is 0.712. The fraction of sp³-hybridized carbons (Fsp3) is 0.143. The summed E-state index contributed by atoms with van der Waals surface area (Å²) in [6.07, 6.45) is 2.33. The van der Waals surface area contributed by atoms with Gasteiger partial charge in [0.1, 0.15) is 5.82 Å². The van der Waals surface area contributed by atoms with Crippen LogP contribution in [0, 0.1) is 0 Å². The molecule has 0 saturated heterocycles. The first-order valence-corrected chi connectivity index (χ1v) is 3.13. The van der Waals surface area contributed by atoms with Gasteiger partial charge < -0.3 is 10.9 Å². The monoisotopic (exact) mass is 235 g/mol. The van der Waals surface area contributed by atoms with E-state index in [1.807, 2.05) is 0 Å². The number of nitrogens with one attached hydrogen (secondary N) is 1. The predicted octanol–water partition coefficient (Wildman–Crippen LogP) is -1.77. The average Bonchev–Trinajstić information content (AvgIpc) is 2.06. The van der Waals surface area contributed by atoms with Gasteiger partial charge in [-0.15, -0.1) is 7.05 Å². The zero-order valence-corrected chi connectivity index (χ0v) is 12.0. The van der Waals surface area contributed by atoms with Crippen LogP contribution in [-0.2, 0) is 0 Å². The molecule has 0 fully saturated rings. The van der Waals surface area contributed by atoms with Crippen LogP contribution in [0.3, 0.4) is 0 Å². The number of carbonyl (C=O) groups excluding carboxylic acids is 1. The fourth-order valence-corrected chi connectivity index (χ4v) is 0.712. The number of hydrogen-bond acceptors (Lipinski definition) is 3. The van der Waals surface area contributed by atoms with E-state index in [-0.39, 0.29) is 58.2 Å². The van der Waals surface area contributed by atoms with Crippen LogP contribution in [0.4, 0.5) is 5.82 Å². The van der Waals surface area contributed by atoms with Crippen molar-refractivity contribution in [2.75, 3.05) is 12.5 Å². The van der Waals surface area contributed by atoms with Crippen LogP contribution < -0.4 is 63.6 Å². The van der Waals surface area contributed by atoms with E-state index in [4.69, 9.17) is 0 Å². The molecule has 4 nitrogen and oxygen atoms in total. The summed E-state index contributed by atoms with van der Waals surface area (Å²) in [5.41, 5.74) is 6.76. The molecule has 0 radical (unpaired) electrons. The number of hydrogen-bond donors (Lipinski definition) is 1. The molecule has 0 aromatic carbocycles. The van der Waals surface area contributed by atoms with Gasteiger partial charge in [0.15, 0.2) is 6.29 Å². The third-order valence-electron chi connectivity index (χ3n) is 1.18. The van der Waals surface area contributed by atoms with Crippen molar-refractivity contribution in [3.05, 3.63) is 29.3 Å². The van der Waals surface area contributed by atoms with Crippen LogP contribution in [-0.4, -0.2) is 18.3 Å². The van der Waals surface area contributed by atoms with Crippen molar-refractivity contribution in [2.45, 2.75) is 0 Å². The molecule has 0 unspecified atom stereocenters. The first kappa shape index (κ1) is 12.4. The zero-order chi connectivity index (χ0) is 8.10. The standard InChI is InChI=1S/C7H8N3O.Rb/c1-8-10-7-6(5-11)3-2-4-9-7;/h2-5H,1H3,(H,9,10,11);/q-1;+1. The Morgan fingerprint density at radius 3 is 3.00 bits per heavy atom. The Morgan fingerprint density at radius 2 is 2.42 bits per heavy atom. The van der Waals surface area contributed by atoms with Crippen LogP contribution in [0.5, 0.6) is 0 Å². The Hall–Kier alpha value is 0.385. The van der Waals surface area contributed by atoms with Gasteiger partial charge in [0, 0.05) is 6.20 Å². The Morgan fingerprint density at radius 1 is 1.67 bits per heavy atom. The molecule has 0 amide bonds. The van der Waals surface area contributed by atoms with Crippen LogP contribution in [0.1, 0.15) is 10.4 Å². The van der Waals surface area contributed by atoms with Crippen molar-refractivity contribution < 1.29 is 63.0 Å². The molecule has 0 atom stereocenters. The van der Waals surface area contributed by atoms with Gasteiger partial charge in [0.25, 0.3) is 0 Å². The van der Waals surface area contributed by atoms with Crippen molar-refractivity contribution >= 4 is 12.1 Å². The largest absolute Gasteiger partial charge is 1.00 e. The summed E-state index contributed by atoms with van der Waals surface area (Å²) in [6, 6.07) is 3.37. The Balaban J connectivity index is 0.00000121. The second kappa shape index (κ2) is 6.85. The van der Waals surface area contributed by atoms with Crippen molar-refractivity contribution in [3.8, 4) is 0 Å². The predicted molar refractivity (Wildman–Crippen MR) is 42.5 cm³/mol. The van der Waals surface area contributed by atoms with Gasteiger partial charge in [0.05, 0.1) is 5.56 Å². The third kappa shape index (κ3) is 3.41. The molecule has 0 aliphatic carbocycles. The van der Waals surface area contributed by atoms with Crippen LogP contribution in [0.15, 0.2) is 18.3 Å². The summed E-state index contributed by atoms with van der Waals surface area (Å²) >= 11 is 0. The molecular formula is C7H8N3ORb. The van der Waals surface area contributed by atoms with Gasteiger partial charge in [-0.25, -0.2) is 4.98 Å². The van der Waals surface area contributed by atoms with Gasteiger partial charge >= 0.3 is 58.2 Å². The van der Waals surface area contributed by atoms with E-state index in [2.05, 4.69) is 15.8 Å². The summed E-state index contributed by atoms with van der Waals surface area (Å²) in [5, 5.41) is 0. The summed E-state index contributed by atoms with van der Waals surface area (Å²) in [4.78, 5) is 14.3. The molecule has 12 heavy (non-hydrogen) atoms. The maximum Gasteiger partial charge on any atom is 1.00 e. The van der Waals surface area contributed by atoms with Crippen LogP contribution >= 0.6 is 0 Å². The first-order chi connectivity index (χ1) is 5.38. The van der Waals surface area contributed by atoms with Crippen LogP contribution in [0.25, 0.3) is 5.43 Å². The van der Waals surface area contributed by atoms with Gasteiger partial charge in [-0.2, -0.15) is 0 Å². The average molecular weight is 236 g/mol. The SMILES string of the molecule is C[N-]Nc1ncccc1C=O.[Rb+]. The van der Waals surface area contributed by atoms with Gasteiger partial charge in [-0.1, -0.05) is 0 Å². The molecule has 0 aliphatic rings. The van der Waals surface area contributed by atoms with E-state index >= 15 is 0 Å². The maximum absolute atomic E-state index is 10.4. The second-order valence-corrected chi connectivity index (χ2v) is 1.89. The van der Waals surface area contributed by atoms with Crippen LogP contribution in [0.2, 0.25) is 0 Å². The van der Waals surface area contributed by atoms with Crippen molar-refractivity contribution in [3.63, 3.8) is 0 Å². The molecule has 5 heteroatoms. The summed E-state index contributed by atoms with van der Waals surface area (Å²) in [7, 11) is 1.59. The minimum Gasteiger partial charge on any atom is -0.572 e. The molecule has 1 N–H and O–H groups in total. The summed E-state index contributed by atoms with van der Waals surface area (Å²) in [6.45, 7) is 0. The number of aldehydes is 1. The normalized spacial score (nSPS) is 8.42. The molecule has 58 valence electrons. The molecule has 1 aromatic heterocycles. The van der Waals surface area contributed by atoms with Crippen molar-refractivity contribution in [1.29, 1.82) is 0 Å². The third-order valence-corrected chi connectivity index (χ3v) is 1.18. The number of aromatic nitrogens is 1. The number of rotatable bonds is 3. The molecule has 0 saturated carbocycles. The summed E-state index contributed by atoms with van der Waals surface area (Å²) < 4.78 is 0. The number of nitrogens with zero attached hydrogens (tertiary/aromatic N) is 2. The van der Waals surface area contributed by atoms with E-state index in [0.717, 1.165) is 6.29 Å². The van der Waals surface area contributed by atoms with E-state index < -0.39 is 0 Å². The van der Waals surface area contributed by atoms with Gasteiger partial charge in [-0.3, -0.25) is 4.79 Å². The van der Waals surface area contributed by atoms with Gasteiger partial charge in [0.2, 0.25) is 0 Å². The Kier molecular flexibility index (Phi) is 7.07. The minimum atomic E-state index is 0. The maximum atomic E-state index is 10.4. The Labute approximate surface area is 120 Å². The number of carbonyl (C=O) groups is 1. The number of pyridine rings is 1. The topological polar surface area (TPSA) is 56.1 Å². The van der Waals surface area contributed by atoms with E-state index in [1.54, 1.807) is 25.4 Å². The van der Waals surface area contributed by atoms with Gasteiger partial charge in [-0.05, 0) is 12.1 Å². The molecule has 1 heterocycles. The molecular weight excluding hydrogens is 228 g/mol.